The highest BCUT2D eigenvalue weighted by molar-refractivity contribution is 8.55. The van der Waals surface area contributed by atoms with Crippen LogP contribution in [0.1, 0.15) is 39.5 Å². The van der Waals surface area contributed by atoms with Crippen molar-refractivity contribution in [2.45, 2.75) is 39.5 Å². The van der Waals surface area contributed by atoms with E-state index in [1.165, 1.54) is 34.1 Å². The van der Waals surface area contributed by atoms with Crippen molar-refractivity contribution in [1.29, 1.82) is 0 Å². The molecule has 1 heterocycles. The Morgan fingerprint density at radius 3 is 1.74 bits per heavy atom. The van der Waals surface area contributed by atoms with Gasteiger partial charge in [0, 0.05) is 11.5 Å². The Hall–Kier alpha value is 0.600. The minimum atomic E-state index is -1.44. The summed E-state index contributed by atoms with van der Waals surface area (Å²) in [7, 11) is -2.88. The predicted octanol–water partition coefficient (Wildman–Crippen LogP) is 5.55. The molecule has 0 spiro atoms. The van der Waals surface area contributed by atoms with Gasteiger partial charge >= 0.3 is 14.0 Å². The van der Waals surface area contributed by atoms with Crippen LogP contribution in [-0.2, 0) is 9.13 Å². The van der Waals surface area contributed by atoms with Gasteiger partial charge < -0.3 is 0 Å². The molecule has 0 saturated carbocycles. The molecular formula is C12H20O2P2S3+2. The van der Waals surface area contributed by atoms with E-state index >= 15 is 0 Å². The highest BCUT2D eigenvalue weighted by Crippen LogP contribution is 2.43. The average molecular weight is 354 g/mol. The monoisotopic (exact) mass is 354 g/mol. The highest BCUT2D eigenvalue weighted by atomic mass is 32.7. The van der Waals surface area contributed by atoms with E-state index in [0.29, 0.717) is 0 Å². The van der Waals surface area contributed by atoms with Gasteiger partial charge in [-0.25, -0.2) is 0 Å². The van der Waals surface area contributed by atoms with E-state index in [4.69, 9.17) is 0 Å². The SMILES string of the molecule is CCCCS[P+](=O)c1cscc1[P+](=O)SCCCC. The van der Waals surface area contributed by atoms with Crippen LogP contribution in [0.2, 0.25) is 0 Å². The van der Waals surface area contributed by atoms with Crippen molar-refractivity contribution in [3.05, 3.63) is 10.8 Å². The molecule has 106 valence electrons. The third kappa shape index (κ3) is 6.27. The van der Waals surface area contributed by atoms with Crippen LogP contribution < -0.4 is 10.6 Å². The van der Waals surface area contributed by atoms with E-state index < -0.39 is 14.0 Å². The molecule has 19 heavy (non-hydrogen) atoms. The molecule has 0 aromatic carbocycles. The topological polar surface area (TPSA) is 34.1 Å². The summed E-state index contributed by atoms with van der Waals surface area (Å²) in [5.41, 5.74) is 0. The van der Waals surface area contributed by atoms with Crippen LogP contribution in [0.25, 0.3) is 0 Å². The van der Waals surface area contributed by atoms with E-state index in [1.54, 1.807) is 0 Å². The first kappa shape index (κ1) is 17.7. The molecule has 1 aromatic rings. The van der Waals surface area contributed by atoms with Gasteiger partial charge in [-0.3, -0.25) is 0 Å². The summed E-state index contributed by atoms with van der Waals surface area (Å²) in [6.45, 7) is 4.26. The first-order valence-electron chi connectivity index (χ1n) is 6.47. The van der Waals surface area contributed by atoms with Crippen LogP contribution in [-0.4, -0.2) is 11.5 Å². The lowest BCUT2D eigenvalue weighted by Crippen LogP contribution is -2.11. The molecule has 0 radical (unpaired) electrons. The van der Waals surface area contributed by atoms with Crippen molar-refractivity contribution in [1.82, 2.24) is 0 Å². The fourth-order valence-corrected chi connectivity index (χ4v) is 9.96. The minimum absolute atomic E-state index is 0.811. The van der Waals surface area contributed by atoms with Crippen molar-refractivity contribution in [2.75, 3.05) is 11.5 Å². The Morgan fingerprint density at radius 1 is 0.947 bits per heavy atom. The first-order chi connectivity index (χ1) is 9.20. The van der Waals surface area contributed by atoms with Crippen LogP contribution in [0.5, 0.6) is 0 Å². The number of hydrogen-bond acceptors (Lipinski definition) is 5. The quantitative estimate of drug-likeness (QED) is 0.407. The van der Waals surface area contributed by atoms with Crippen LogP contribution >= 0.6 is 48.1 Å². The lowest BCUT2D eigenvalue weighted by atomic mass is 10.4. The van der Waals surface area contributed by atoms with Crippen LogP contribution in [0.15, 0.2) is 10.8 Å². The van der Waals surface area contributed by atoms with E-state index in [9.17, 15) is 9.13 Å². The Labute approximate surface area is 129 Å². The second-order valence-electron chi connectivity index (χ2n) is 4.03. The summed E-state index contributed by atoms with van der Waals surface area (Å²) < 4.78 is 24.4. The highest BCUT2D eigenvalue weighted by Gasteiger charge is 2.37. The zero-order valence-electron chi connectivity index (χ0n) is 11.3. The maximum atomic E-state index is 12.2. The van der Waals surface area contributed by atoms with Crippen molar-refractivity contribution < 1.29 is 9.13 Å². The molecule has 0 bridgehead atoms. The molecule has 7 heteroatoms. The van der Waals surface area contributed by atoms with Crippen molar-refractivity contribution >= 4 is 58.7 Å². The summed E-state index contributed by atoms with van der Waals surface area (Å²) in [6.07, 6.45) is 4.41. The van der Waals surface area contributed by atoms with Crippen LogP contribution in [0, 0.1) is 0 Å². The second-order valence-corrected chi connectivity index (χ2v) is 11.6. The van der Waals surface area contributed by atoms with Gasteiger partial charge in [-0.2, -0.15) is 0 Å². The van der Waals surface area contributed by atoms with Crippen molar-refractivity contribution in [3.63, 3.8) is 0 Å². The number of unbranched alkanes of at least 4 members (excludes halogenated alkanes) is 2. The second kappa shape index (κ2) is 10.3. The average Bonchev–Trinajstić information content (AvgIpc) is 2.88. The molecule has 0 saturated heterocycles. The minimum Gasteiger partial charge on any atom is -0.142 e. The molecule has 0 amide bonds. The molecule has 1 aromatic heterocycles. The Kier molecular flexibility index (Phi) is 9.61. The molecule has 2 unspecified atom stereocenters. The van der Waals surface area contributed by atoms with Crippen LogP contribution in [0.4, 0.5) is 0 Å². The van der Waals surface area contributed by atoms with Gasteiger partial charge in [0.2, 0.25) is 0 Å². The van der Waals surface area contributed by atoms with E-state index in [2.05, 4.69) is 13.8 Å². The van der Waals surface area contributed by atoms with Gasteiger partial charge in [-0.1, -0.05) is 35.8 Å². The normalized spacial score (nSPS) is 12.5. The Bertz CT molecular complexity index is 384. The maximum Gasteiger partial charge on any atom is 0.455 e. The maximum absolute atomic E-state index is 12.2. The molecule has 0 N–H and O–H groups in total. The fourth-order valence-electron chi connectivity index (χ4n) is 1.28. The molecule has 1 rings (SSSR count). The molecular weight excluding hydrogens is 334 g/mol. The van der Waals surface area contributed by atoms with Gasteiger partial charge in [0.1, 0.15) is 22.8 Å². The molecule has 0 aliphatic carbocycles. The number of rotatable bonds is 10. The first-order valence-corrected chi connectivity index (χ1v) is 13.1. The van der Waals surface area contributed by atoms with Gasteiger partial charge in [0.25, 0.3) is 10.6 Å². The van der Waals surface area contributed by atoms with E-state index in [1.807, 2.05) is 10.8 Å². The van der Waals surface area contributed by atoms with E-state index in [-0.39, 0.29) is 0 Å². The molecule has 0 aliphatic heterocycles. The largest absolute Gasteiger partial charge is 0.455 e. The molecule has 2 nitrogen and oxygen atoms in total. The van der Waals surface area contributed by atoms with Gasteiger partial charge in [0.05, 0.1) is 10.8 Å². The van der Waals surface area contributed by atoms with Gasteiger partial charge in [0.15, 0.2) is 0 Å². The molecule has 0 aliphatic rings. The summed E-state index contributed by atoms with van der Waals surface area (Å²) in [4.78, 5) is 0. The standard InChI is InChI=1S/C12H20O2P2S3/c1-3-5-7-18-15(13)11-9-17-10-12(11)16(14)19-8-6-4-2/h9-10H,3-8H2,1-2H3/q+2. The number of thiophene rings is 1. The summed E-state index contributed by atoms with van der Waals surface area (Å²) in [5, 5.41) is 5.43. The third-order valence-corrected chi connectivity index (χ3v) is 10.3. The molecule has 0 fully saturated rings. The van der Waals surface area contributed by atoms with Crippen LogP contribution in [0.3, 0.4) is 0 Å². The molecule has 2 atom stereocenters. The third-order valence-electron chi connectivity index (χ3n) is 2.43. The Balaban J connectivity index is 2.58. The zero-order chi connectivity index (χ0) is 14.1. The number of hydrogen-bond donors (Lipinski definition) is 0. The van der Waals surface area contributed by atoms with Crippen molar-refractivity contribution in [3.8, 4) is 0 Å². The summed E-state index contributed by atoms with van der Waals surface area (Å²) in [6, 6.07) is 0. The lowest BCUT2D eigenvalue weighted by Gasteiger charge is -1.87. The zero-order valence-corrected chi connectivity index (χ0v) is 15.6. The van der Waals surface area contributed by atoms with Crippen molar-refractivity contribution in [2.24, 2.45) is 0 Å². The predicted molar refractivity (Wildman–Crippen MR) is 93.5 cm³/mol. The van der Waals surface area contributed by atoms with E-state index in [0.717, 1.165) is 47.8 Å². The smallest absolute Gasteiger partial charge is 0.142 e. The van der Waals surface area contributed by atoms with Gasteiger partial charge in [-0.05, 0) is 12.8 Å². The Morgan fingerprint density at radius 2 is 1.37 bits per heavy atom. The van der Waals surface area contributed by atoms with Gasteiger partial charge in [-0.15, -0.1) is 11.3 Å². The lowest BCUT2D eigenvalue weighted by molar-refractivity contribution is 0.599. The fraction of sp³-hybridized carbons (Fsp3) is 0.667. The summed E-state index contributed by atoms with van der Waals surface area (Å²) >= 11 is 4.50. The summed E-state index contributed by atoms with van der Waals surface area (Å²) in [5.74, 6) is 1.83.